The highest BCUT2D eigenvalue weighted by molar-refractivity contribution is 5.86. The molecule has 0 bridgehead atoms. The lowest BCUT2D eigenvalue weighted by Gasteiger charge is -2.27. The number of methoxy groups -OCH3 is 3. The molecule has 2 aromatic heterocycles. The molecule has 0 aliphatic carbocycles. The minimum atomic E-state index is -0.967. The summed E-state index contributed by atoms with van der Waals surface area (Å²) >= 11 is 0. The van der Waals surface area contributed by atoms with Crippen molar-refractivity contribution in [2.45, 2.75) is 77.9 Å². The zero-order valence-electron chi connectivity index (χ0n) is 33.6. The number of imidazole rings is 2. The summed E-state index contributed by atoms with van der Waals surface area (Å²) in [4.78, 5) is 67.8. The second-order valence-electron chi connectivity index (χ2n) is 13.9. The Kier molecular flexibility index (Phi) is 15.7. The number of hydrogen-bond acceptors (Lipinski definition) is 11. The summed E-state index contributed by atoms with van der Waals surface area (Å²) < 4.78 is 15.4. The number of benzene rings is 2. The van der Waals surface area contributed by atoms with Gasteiger partial charge in [0.25, 0.3) is 0 Å². The molecule has 16 nitrogen and oxygen atoms in total. The minimum Gasteiger partial charge on any atom is -0.453 e. The van der Waals surface area contributed by atoms with Gasteiger partial charge < -0.3 is 45.0 Å². The van der Waals surface area contributed by atoms with E-state index in [1.165, 1.54) is 28.4 Å². The number of nitrogens with zero attached hydrogens (tertiary/aromatic N) is 3. The topological polar surface area (TPSA) is 203 Å². The highest BCUT2D eigenvalue weighted by atomic mass is 17.2. The van der Waals surface area contributed by atoms with Crippen LogP contribution in [-0.4, -0.2) is 97.0 Å². The molecule has 2 heterocycles. The van der Waals surface area contributed by atoms with E-state index in [1.807, 2.05) is 76.2 Å². The van der Waals surface area contributed by atoms with Gasteiger partial charge in [-0.15, -0.1) is 0 Å². The Morgan fingerprint density at radius 1 is 0.643 bits per heavy atom. The average Bonchev–Trinajstić information content (AvgIpc) is 3.90. The molecule has 4 aromatic rings. The quantitative estimate of drug-likeness (QED) is 0.0349. The summed E-state index contributed by atoms with van der Waals surface area (Å²) in [5.41, 5.74) is 5.51. The maximum Gasteiger partial charge on any atom is 0.407 e. The molecule has 3 amide bonds. The summed E-state index contributed by atoms with van der Waals surface area (Å²) in [7, 11) is 5.56. The Morgan fingerprint density at radius 3 is 1.50 bits per heavy atom. The molecule has 0 saturated carbocycles. The van der Waals surface area contributed by atoms with Crippen LogP contribution in [0, 0.1) is 11.8 Å². The van der Waals surface area contributed by atoms with E-state index in [-0.39, 0.29) is 17.7 Å². The first kappa shape index (κ1) is 43.2. The predicted octanol–water partition coefficient (Wildman–Crippen LogP) is 5.53. The van der Waals surface area contributed by atoms with Crippen molar-refractivity contribution in [3.8, 4) is 33.6 Å². The third-order valence-corrected chi connectivity index (χ3v) is 9.46. The molecule has 0 aliphatic heterocycles. The van der Waals surface area contributed by atoms with Gasteiger partial charge in [-0.1, -0.05) is 76.2 Å². The lowest BCUT2D eigenvalue weighted by Crippen LogP contribution is -2.54. The molecule has 6 atom stereocenters. The van der Waals surface area contributed by atoms with Crippen molar-refractivity contribution in [3.05, 3.63) is 72.6 Å². The number of aliphatic imine (C=N–C) groups is 1. The van der Waals surface area contributed by atoms with Gasteiger partial charge in [0.1, 0.15) is 17.7 Å². The van der Waals surface area contributed by atoms with E-state index in [0.29, 0.717) is 11.6 Å². The maximum absolute atomic E-state index is 13.3. The number of amides is 3. The van der Waals surface area contributed by atoms with Crippen molar-refractivity contribution in [1.82, 2.24) is 35.9 Å². The number of aromatic amines is 2. The minimum absolute atomic E-state index is 0.0176. The van der Waals surface area contributed by atoms with E-state index >= 15 is 0 Å². The molecule has 2 aromatic carbocycles. The number of carbonyl (C=O) groups excluding carboxylic acids is 3. The summed E-state index contributed by atoms with van der Waals surface area (Å²) in [5, 5.41) is 8.60. The molecule has 5 N–H and O–H groups in total. The fourth-order valence-electron chi connectivity index (χ4n) is 5.93. The van der Waals surface area contributed by atoms with E-state index in [0.717, 1.165) is 40.0 Å². The fourth-order valence-corrected chi connectivity index (χ4v) is 5.93. The number of hydrogen-bond donors (Lipinski definition) is 5. The van der Waals surface area contributed by atoms with Crippen LogP contribution in [0.3, 0.4) is 0 Å². The monoisotopic (exact) mass is 774 g/mol. The van der Waals surface area contributed by atoms with E-state index < -0.39 is 48.4 Å². The van der Waals surface area contributed by atoms with Gasteiger partial charge in [0, 0.05) is 14.2 Å². The van der Waals surface area contributed by atoms with Crippen molar-refractivity contribution in [3.63, 3.8) is 0 Å². The third-order valence-electron chi connectivity index (χ3n) is 9.46. The van der Waals surface area contributed by atoms with Crippen LogP contribution in [0.15, 0.2) is 65.9 Å². The average molecular weight is 775 g/mol. The van der Waals surface area contributed by atoms with Crippen molar-refractivity contribution < 1.29 is 38.4 Å². The van der Waals surface area contributed by atoms with E-state index in [9.17, 15) is 14.4 Å². The largest absolute Gasteiger partial charge is 0.453 e. The molecule has 0 spiro atoms. The van der Waals surface area contributed by atoms with Crippen molar-refractivity contribution in [2.24, 2.45) is 16.8 Å². The van der Waals surface area contributed by atoms with E-state index in [4.69, 9.17) is 19.1 Å². The van der Waals surface area contributed by atoms with Gasteiger partial charge in [0.15, 0.2) is 6.04 Å². The summed E-state index contributed by atoms with van der Waals surface area (Å²) in [6.45, 7) is 11.4. The zero-order chi connectivity index (χ0) is 40.9. The molecule has 0 aliphatic rings. The molecule has 0 radical (unpaired) electrons. The Hall–Kier alpha value is -5.58. The molecular formula is C40H54N8O8. The number of rotatable bonds is 19. The zero-order valence-corrected chi connectivity index (χ0v) is 33.6. The summed E-state index contributed by atoms with van der Waals surface area (Å²) in [6, 6.07) is 13.5. The van der Waals surface area contributed by atoms with Gasteiger partial charge in [-0.2, -0.15) is 4.89 Å². The van der Waals surface area contributed by atoms with E-state index in [1.54, 1.807) is 26.2 Å². The van der Waals surface area contributed by atoms with Gasteiger partial charge in [0.05, 0.1) is 62.3 Å². The lowest BCUT2D eigenvalue weighted by atomic mass is 10.0. The molecule has 0 fully saturated rings. The summed E-state index contributed by atoms with van der Waals surface area (Å²) in [5.74, 6) is 0.449. The van der Waals surface area contributed by atoms with Crippen LogP contribution in [0.5, 0.6) is 0 Å². The number of aromatic nitrogens is 4. The Morgan fingerprint density at radius 2 is 1.09 bits per heavy atom. The van der Waals surface area contributed by atoms with Gasteiger partial charge in [0.2, 0.25) is 18.2 Å². The molecule has 16 heteroatoms. The second-order valence-corrected chi connectivity index (χ2v) is 13.9. The Bertz CT molecular complexity index is 1890. The molecule has 1 unspecified atom stereocenters. The van der Waals surface area contributed by atoms with E-state index in [2.05, 4.69) is 45.8 Å². The Balaban J connectivity index is 1.45. The van der Waals surface area contributed by atoms with Gasteiger partial charge >= 0.3 is 6.09 Å². The van der Waals surface area contributed by atoms with Crippen molar-refractivity contribution >= 4 is 24.3 Å². The SMILES string of the molecule is COO/C=N\[C@H](C(=O)N[C@@H](c1ncc(-c2ccc(-c3ccc(-c4cnc([C@H](NC(=O)[C@@H](NC(=O)OC)C(C)OC)C(C)C)[nH]4)cc3)cc2)[nH]1)C(C)C)[C@@H](C)OC. The highest BCUT2D eigenvalue weighted by Crippen LogP contribution is 2.29. The van der Waals surface area contributed by atoms with Gasteiger partial charge in [-0.3, -0.25) is 9.59 Å². The van der Waals surface area contributed by atoms with Crippen LogP contribution in [0.4, 0.5) is 4.79 Å². The highest BCUT2D eigenvalue weighted by Gasteiger charge is 2.32. The smallest absolute Gasteiger partial charge is 0.407 e. The van der Waals surface area contributed by atoms with Crippen LogP contribution < -0.4 is 16.0 Å². The van der Waals surface area contributed by atoms with Crippen LogP contribution >= 0.6 is 0 Å². The first-order valence-corrected chi connectivity index (χ1v) is 18.3. The normalized spacial score (nSPS) is 14.9. The molecule has 56 heavy (non-hydrogen) atoms. The number of carbonyl (C=O) groups is 3. The maximum atomic E-state index is 13.3. The summed E-state index contributed by atoms with van der Waals surface area (Å²) in [6.07, 6.45) is 2.73. The number of H-pyrrole nitrogens is 2. The van der Waals surface area contributed by atoms with Crippen LogP contribution in [0.2, 0.25) is 0 Å². The van der Waals surface area contributed by atoms with Crippen molar-refractivity contribution in [1.29, 1.82) is 0 Å². The van der Waals surface area contributed by atoms with Crippen molar-refractivity contribution in [2.75, 3.05) is 28.4 Å². The fraction of sp³-hybridized carbons (Fsp3) is 0.450. The molecule has 0 saturated heterocycles. The molecule has 302 valence electrons. The molecular weight excluding hydrogens is 720 g/mol. The first-order valence-electron chi connectivity index (χ1n) is 18.3. The Labute approximate surface area is 327 Å². The standard InChI is InChI=1S/C40H54N8O8/c1-22(2)32(46-38(49)34(24(5)52-7)43-21-56-55-10)36-41-19-30(44-36)28-15-11-26(12-16-28)27-13-17-29(18-14-27)31-20-42-37(45-31)33(23(3)4)47-39(50)35(25(6)53-8)48-40(51)54-9/h11-25,32-35H,1-10H3,(H,41,44)(H,42,45)(H,46,49)(H,47,50)(H,48,51)/b43-21-/t24-,25?,32-,33-,34+,35+/m1/s1. The van der Waals surface area contributed by atoms with Crippen LogP contribution in [0.1, 0.15) is 65.3 Å². The number of alkyl carbamates (subject to hydrolysis) is 1. The van der Waals surface area contributed by atoms with Gasteiger partial charge in [-0.25, -0.2) is 19.8 Å². The number of nitrogens with one attached hydrogen (secondary N) is 5. The van der Waals surface area contributed by atoms with Crippen LogP contribution in [0.25, 0.3) is 33.6 Å². The number of ether oxygens (including phenoxy) is 3. The van der Waals surface area contributed by atoms with Gasteiger partial charge in [-0.05, 0) is 47.9 Å². The second kappa shape index (κ2) is 20.4. The lowest BCUT2D eigenvalue weighted by molar-refractivity contribution is -0.188. The first-order chi connectivity index (χ1) is 26.8. The van der Waals surface area contributed by atoms with Crippen LogP contribution in [-0.2, 0) is 33.6 Å². The predicted molar refractivity (Wildman–Crippen MR) is 211 cm³/mol. The third kappa shape index (κ3) is 11.0. The molecule has 4 rings (SSSR count).